The summed E-state index contributed by atoms with van der Waals surface area (Å²) in [6.07, 6.45) is 7.75. The normalized spacial score (nSPS) is 28.0. The number of esters is 1. The van der Waals surface area contributed by atoms with Crippen molar-refractivity contribution in [2.45, 2.75) is 85.0 Å². The number of fused-ring (bicyclic) bond motifs is 1. The number of likely N-dealkylation sites (tertiary alicyclic amines) is 1. The molecule has 4 heterocycles. The van der Waals surface area contributed by atoms with Gasteiger partial charge in [0.25, 0.3) is 0 Å². The highest BCUT2D eigenvalue weighted by atomic mass is 19.1. The van der Waals surface area contributed by atoms with E-state index in [-0.39, 0.29) is 53.7 Å². The van der Waals surface area contributed by atoms with E-state index in [9.17, 15) is 14.4 Å². The minimum atomic E-state index is -0.609. The van der Waals surface area contributed by atoms with E-state index in [4.69, 9.17) is 9.47 Å². The Bertz CT molecular complexity index is 1520. The monoisotopic (exact) mass is 666 g/mol. The number of benzene rings is 1. The van der Waals surface area contributed by atoms with Crippen LogP contribution < -0.4 is 0 Å². The van der Waals surface area contributed by atoms with Crippen molar-refractivity contribution in [1.82, 2.24) is 29.7 Å². The summed E-state index contributed by atoms with van der Waals surface area (Å²) in [6, 6.07) is 3.30. The Kier molecular flexibility index (Phi) is 11.5. The van der Waals surface area contributed by atoms with E-state index in [2.05, 4.69) is 22.1 Å². The molecule has 2 fully saturated rings. The molecule has 2 saturated heterocycles. The molecule has 0 N–H and O–H groups in total. The number of hydrogen-bond donors (Lipinski definition) is 0. The predicted octanol–water partition coefficient (Wildman–Crippen LogP) is 5.47. The smallest absolute Gasteiger partial charge is 0.410 e. The number of nitrogens with zero attached hydrogens (tertiary/aromatic N) is 6. The molecule has 2 amide bonds. The Morgan fingerprint density at radius 1 is 0.958 bits per heavy atom. The molecular formula is C36H51FN6O5. The van der Waals surface area contributed by atoms with Crippen molar-refractivity contribution < 1.29 is 28.2 Å². The van der Waals surface area contributed by atoms with Crippen molar-refractivity contribution in [3.63, 3.8) is 0 Å². The van der Waals surface area contributed by atoms with Gasteiger partial charge in [0.05, 0.1) is 11.6 Å². The highest BCUT2D eigenvalue weighted by Crippen LogP contribution is 2.30. The van der Waals surface area contributed by atoms with Gasteiger partial charge in [-0.2, -0.15) is 0 Å². The number of rotatable bonds is 4. The van der Waals surface area contributed by atoms with E-state index >= 15 is 4.39 Å². The maximum absolute atomic E-state index is 15.4. The van der Waals surface area contributed by atoms with Crippen LogP contribution in [0.3, 0.4) is 0 Å². The topological polar surface area (TPSA) is 110 Å². The molecule has 5 rings (SSSR count). The summed E-state index contributed by atoms with van der Waals surface area (Å²) in [5.41, 5.74) is 2.16. The Labute approximate surface area is 283 Å². The summed E-state index contributed by atoms with van der Waals surface area (Å²) in [4.78, 5) is 43.9. The van der Waals surface area contributed by atoms with Crippen LogP contribution in [0.15, 0.2) is 29.9 Å². The molecule has 48 heavy (non-hydrogen) atoms. The number of halogens is 1. The first-order valence-corrected chi connectivity index (χ1v) is 17.4. The fraction of sp³-hybridized carbons (Fsp3) is 0.639. The molecule has 0 radical (unpaired) electrons. The minimum absolute atomic E-state index is 0.00503. The lowest BCUT2D eigenvalue weighted by molar-refractivity contribution is -0.149. The van der Waals surface area contributed by atoms with Gasteiger partial charge in [-0.1, -0.05) is 38.1 Å². The first-order valence-electron chi connectivity index (χ1n) is 17.4. The maximum Gasteiger partial charge on any atom is 0.410 e. The standard InChI is InChI=1S/C36H51FN6O5/c1-23-7-8-24(2)32(47-36(46)42-17-15-40(6)16-18-42)10-9-25(3)35(48-33(45)19-23)26(4)20-28-21-30(37)34-31(22-28)43(39-38-34)29-11-13-41(14-12-29)27(5)44/h9-10,20-25,29,32,35H,7-8,11-19H2,1-6H3/b10-9+,26-20+/t23-,24+,25+,32+,35+/m1/s1. The summed E-state index contributed by atoms with van der Waals surface area (Å²) in [7, 11) is 2.05. The third-order valence-electron chi connectivity index (χ3n) is 10.2. The van der Waals surface area contributed by atoms with Crippen LogP contribution in [0.5, 0.6) is 0 Å². The Morgan fingerprint density at radius 2 is 1.67 bits per heavy atom. The minimum Gasteiger partial charge on any atom is -0.457 e. The summed E-state index contributed by atoms with van der Waals surface area (Å²) in [5.74, 6) is -0.773. The van der Waals surface area contributed by atoms with E-state index in [1.165, 1.54) is 6.07 Å². The predicted molar refractivity (Wildman–Crippen MR) is 181 cm³/mol. The number of piperidine rings is 1. The molecule has 0 unspecified atom stereocenters. The fourth-order valence-electron chi connectivity index (χ4n) is 6.96. The van der Waals surface area contributed by atoms with Crippen LogP contribution in [0.4, 0.5) is 9.18 Å². The summed E-state index contributed by atoms with van der Waals surface area (Å²) >= 11 is 0. The number of hydrogen-bond acceptors (Lipinski definition) is 8. The molecular weight excluding hydrogens is 615 g/mol. The molecule has 0 bridgehead atoms. The van der Waals surface area contributed by atoms with Gasteiger partial charge in [0.15, 0.2) is 5.82 Å². The molecule has 0 spiro atoms. The van der Waals surface area contributed by atoms with Crippen LogP contribution in [0.2, 0.25) is 0 Å². The van der Waals surface area contributed by atoms with E-state index in [1.807, 2.05) is 57.0 Å². The Morgan fingerprint density at radius 3 is 2.35 bits per heavy atom. The third kappa shape index (κ3) is 8.61. The van der Waals surface area contributed by atoms with E-state index in [0.29, 0.717) is 50.1 Å². The Hall–Kier alpha value is -3.80. The van der Waals surface area contributed by atoms with Crippen LogP contribution in [-0.2, 0) is 19.1 Å². The van der Waals surface area contributed by atoms with Crippen LogP contribution in [0.25, 0.3) is 17.1 Å². The highest BCUT2D eigenvalue weighted by molar-refractivity contribution is 5.79. The van der Waals surface area contributed by atoms with Crippen molar-refractivity contribution >= 4 is 35.1 Å². The average Bonchev–Trinajstić information content (AvgIpc) is 3.48. The fourth-order valence-corrected chi connectivity index (χ4v) is 6.96. The van der Waals surface area contributed by atoms with E-state index < -0.39 is 18.0 Å². The van der Waals surface area contributed by atoms with Gasteiger partial charge in [-0.05, 0) is 80.8 Å². The zero-order chi connectivity index (χ0) is 34.5. The molecule has 2 aromatic rings. The van der Waals surface area contributed by atoms with Crippen molar-refractivity contribution in [2.75, 3.05) is 46.3 Å². The van der Waals surface area contributed by atoms with E-state index in [0.717, 1.165) is 31.5 Å². The number of cyclic esters (lactones) is 1. The van der Waals surface area contributed by atoms with Gasteiger partial charge in [0.2, 0.25) is 5.91 Å². The first kappa shape index (κ1) is 35.5. The number of amides is 2. The summed E-state index contributed by atoms with van der Waals surface area (Å²) in [5, 5.41) is 8.43. The molecule has 1 aromatic carbocycles. The van der Waals surface area contributed by atoms with Gasteiger partial charge in [0.1, 0.15) is 17.7 Å². The molecule has 0 aliphatic carbocycles. The number of carbonyl (C=O) groups is 3. The lowest BCUT2D eigenvalue weighted by atomic mass is 9.89. The molecule has 3 aliphatic rings. The van der Waals surface area contributed by atoms with Crippen molar-refractivity contribution in [1.29, 1.82) is 0 Å². The van der Waals surface area contributed by atoms with Crippen LogP contribution in [0, 0.1) is 23.6 Å². The van der Waals surface area contributed by atoms with Gasteiger partial charge in [-0.25, -0.2) is 13.9 Å². The molecule has 262 valence electrons. The van der Waals surface area contributed by atoms with Crippen molar-refractivity contribution in [3.05, 3.63) is 41.2 Å². The number of likely N-dealkylation sites (N-methyl/N-ethyl adjacent to an activating group) is 1. The van der Waals surface area contributed by atoms with Crippen LogP contribution in [-0.4, -0.2) is 106 Å². The van der Waals surface area contributed by atoms with Crippen LogP contribution in [0.1, 0.15) is 78.3 Å². The van der Waals surface area contributed by atoms with E-state index in [1.54, 1.807) is 16.5 Å². The van der Waals surface area contributed by atoms with Gasteiger partial charge in [-0.15, -0.1) is 5.10 Å². The number of piperazine rings is 1. The SMILES string of the molecule is CC(=O)N1CCC(n2nnc3c(F)cc(/C=C(\C)[C@H]4OC(=O)C[C@H](C)CC[C@H](C)[C@@H](OC(=O)N5CCN(C)CC5)/C=C/[C@@H]4C)cc32)CC1. The number of carbonyl (C=O) groups excluding carboxylic acids is 3. The number of ether oxygens (including phenoxy) is 2. The molecule has 0 saturated carbocycles. The Balaban J connectivity index is 1.39. The number of aromatic nitrogens is 3. The second-order valence-corrected chi connectivity index (χ2v) is 14.2. The zero-order valence-corrected chi connectivity index (χ0v) is 29.2. The quantitative estimate of drug-likeness (QED) is 0.312. The second kappa shape index (κ2) is 15.6. The average molecular weight is 667 g/mol. The van der Waals surface area contributed by atoms with Gasteiger partial charge >= 0.3 is 12.1 Å². The third-order valence-corrected chi connectivity index (χ3v) is 10.2. The molecule has 1 aromatic heterocycles. The lowest BCUT2D eigenvalue weighted by Crippen LogP contribution is -2.48. The lowest BCUT2D eigenvalue weighted by Gasteiger charge is -2.33. The molecule has 5 atom stereocenters. The van der Waals surface area contributed by atoms with Gasteiger partial charge in [0, 0.05) is 58.5 Å². The van der Waals surface area contributed by atoms with Gasteiger partial charge < -0.3 is 24.2 Å². The van der Waals surface area contributed by atoms with Crippen molar-refractivity contribution in [2.24, 2.45) is 17.8 Å². The first-order chi connectivity index (χ1) is 22.9. The molecule has 3 aliphatic heterocycles. The summed E-state index contributed by atoms with van der Waals surface area (Å²) in [6.45, 7) is 13.7. The summed E-state index contributed by atoms with van der Waals surface area (Å²) < 4.78 is 29.3. The van der Waals surface area contributed by atoms with Crippen LogP contribution >= 0.6 is 0 Å². The van der Waals surface area contributed by atoms with Crippen molar-refractivity contribution in [3.8, 4) is 0 Å². The zero-order valence-electron chi connectivity index (χ0n) is 29.2. The maximum atomic E-state index is 15.4. The molecule has 11 nitrogen and oxygen atoms in total. The molecule has 12 heteroatoms. The highest BCUT2D eigenvalue weighted by Gasteiger charge is 2.29. The second-order valence-electron chi connectivity index (χ2n) is 14.2. The largest absolute Gasteiger partial charge is 0.457 e. The van der Waals surface area contributed by atoms with Gasteiger partial charge in [-0.3, -0.25) is 9.59 Å².